The molecule has 1 aliphatic carbocycles. The maximum Gasteiger partial charge on any atom is 0.303 e. The first-order valence-electron chi connectivity index (χ1n) is 9.16. The molecular weight excluding hydrogens is 336 g/mol. The fourth-order valence-electron chi connectivity index (χ4n) is 3.59. The van der Waals surface area contributed by atoms with Crippen molar-refractivity contribution in [1.29, 1.82) is 0 Å². The highest BCUT2D eigenvalue weighted by Gasteiger charge is 2.32. The Morgan fingerprint density at radius 2 is 2.04 bits per heavy atom. The van der Waals surface area contributed by atoms with Gasteiger partial charge in [-0.3, -0.25) is 9.59 Å². The number of aliphatic carboxylic acids is 1. The molecule has 1 fully saturated rings. The van der Waals surface area contributed by atoms with Crippen LogP contribution in [0.5, 0.6) is 0 Å². The van der Waals surface area contributed by atoms with E-state index in [1.54, 1.807) is 0 Å². The number of carbonyl (C=O) groups excluding carboxylic acids is 1. The Hall–Kier alpha value is -1.61. The molecule has 2 rings (SSSR count). The monoisotopic (exact) mass is 362 g/mol. The maximum atomic E-state index is 12.2. The van der Waals surface area contributed by atoms with Gasteiger partial charge in [0.25, 0.3) is 0 Å². The van der Waals surface area contributed by atoms with E-state index >= 15 is 0 Å². The van der Waals surface area contributed by atoms with Gasteiger partial charge in [0.05, 0.1) is 0 Å². The summed E-state index contributed by atoms with van der Waals surface area (Å²) >= 11 is 6.00. The summed E-state index contributed by atoms with van der Waals surface area (Å²) in [5.74, 6) is 0.103. The van der Waals surface area contributed by atoms with Crippen LogP contribution in [0.3, 0.4) is 0 Å². The lowest BCUT2D eigenvalue weighted by molar-refractivity contribution is -0.137. The largest absolute Gasteiger partial charge is 0.481 e. The highest BCUT2D eigenvalue weighted by Crippen LogP contribution is 2.34. The van der Waals surface area contributed by atoms with E-state index in [0.717, 1.165) is 54.7 Å². The molecule has 0 spiro atoms. The van der Waals surface area contributed by atoms with Gasteiger partial charge in [0, 0.05) is 23.8 Å². The number of rotatable bonds is 9. The van der Waals surface area contributed by atoms with Crippen LogP contribution in [0, 0.1) is 18.8 Å². The zero-order valence-corrected chi connectivity index (χ0v) is 15.6. The lowest BCUT2D eigenvalue weighted by Crippen LogP contribution is -2.13. The second kappa shape index (κ2) is 9.76. The van der Waals surface area contributed by atoms with Crippen molar-refractivity contribution in [3.05, 3.63) is 40.4 Å². The molecule has 4 heteroatoms. The Balaban J connectivity index is 1.84. The molecule has 0 amide bonds. The Morgan fingerprint density at radius 1 is 1.28 bits per heavy atom. The van der Waals surface area contributed by atoms with Crippen LogP contribution in [0.25, 0.3) is 6.08 Å². The molecule has 0 aromatic heterocycles. The van der Waals surface area contributed by atoms with E-state index in [1.165, 1.54) is 0 Å². The van der Waals surface area contributed by atoms with E-state index in [-0.39, 0.29) is 12.3 Å². The molecular formula is C21H27ClO3. The average molecular weight is 363 g/mol. The van der Waals surface area contributed by atoms with Gasteiger partial charge in [-0.05, 0) is 55.4 Å². The number of halogens is 1. The van der Waals surface area contributed by atoms with Gasteiger partial charge in [-0.25, -0.2) is 0 Å². The third kappa shape index (κ3) is 6.32. The summed E-state index contributed by atoms with van der Waals surface area (Å²) in [6, 6.07) is 5.86. The van der Waals surface area contributed by atoms with E-state index in [4.69, 9.17) is 16.7 Å². The van der Waals surface area contributed by atoms with Gasteiger partial charge in [-0.15, -0.1) is 0 Å². The number of Topliss-reactive ketones (excluding diaryl/α,β-unsaturated/α-hetero) is 1. The fourth-order valence-corrected chi connectivity index (χ4v) is 3.81. The molecule has 1 aliphatic rings. The van der Waals surface area contributed by atoms with Crippen molar-refractivity contribution >= 4 is 29.4 Å². The van der Waals surface area contributed by atoms with Gasteiger partial charge in [0.15, 0.2) is 0 Å². The molecule has 1 saturated carbocycles. The number of hydrogen-bond donors (Lipinski definition) is 1. The zero-order chi connectivity index (χ0) is 18.2. The lowest BCUT2D eigenvalue weighted by atomic mass is 9.89. The summed E-state index contributed by atoms with van der Waals surface area (Å²) in [4.78, 5) is 22.7. The average Bonchev–Trinajstić information content (AvgIpc) is 2.90. The summed E-state index contributed by atoms with van der Waals surface area (Å²) < 4.78 is 0. The number of carbonyl (C=O) groups is 2. The molecule has 1 aromatic carbocycles. The quantitative estimate of drug-likeness (QED) is 0.575. The van der Waals surface area contributed by atoms with Gasteiger partial charge in [0.2, 0.25) is 0 Å². The Kier molecular flexibility index (Phi) is 7.70. The van der Waals surface area contributed by atoms with E-state index in [0.29, 0.717) is 18.1 Å². The summed E-state index contributed by atoms with van der Waals surface area (Å²) in [5, 5.41) is 9.38. The van der Waals surface area contributed by atoms with Crippen LogP contribution in [0.15, 0.2) is 24.3 Å². The van der Waals surface area contributed by atoms with Crippen LogP contribution < -0.4 is 0 Å². The van der Waals surface area contributed by atoms with Crippen LogP contribution in [0.1, 0.15) is 62.5 Å². The summed E-state index contributed by atoms with van der Waals surface area (Å²) in [6.45, 7) is 2.04. The molecule has 1 aromatic rings. The molecule has 3 nitrogen and oxygen atoms in total. The first kappa shape index (κ1) is 19.7. The minimum Gasteiger partial charge on any atom is -0.481 e. The smallest absolute Gasteiger partial charge is 0.303 e. The summed E-state index contributed by atoms with van der Waals surface area (Å²) in [6.07, 6.45) is 10.7. The van der Waals surface area contributed by atoms with Crippen molar-refractivity contribution in [3.8, 4) is 0 Å². The third-order valence-electron chi connectivity index (χ3n) is 5.07. The molecule has 1 N–H and O–H groups in total. The Labute approximate surface area is 155 Å². The maximum absolute atomic E-state index is 12.2. The van der Waals surface area contributed by atoms with Gasteiger partial charge < -0.3 is 5.11 Å². The van der Waals surface area contributed by atoms with Crippen molar-refractivity contribution in [2.45, 2.75) is 58.3 Å². The number of carboxylic acid groups (broad SMARTS) is 1. The highest BCUT2D eigenvalue weighted by molar-refractivity contribution is 6.30. The summed E-state index contributed by atoms with van der Waals surface area (Å²) in [5.41, 5.74) is 2.29. The number of carboxylic acids is 1. The third-order valence-corrected chi connectivity index (χ3v) is 5.30. The van der Waals surface area contributed by atoms with Crippen molar-refractivity contribution < 1.29 is 14.7 Å². The Morgan fingerprint density at radius 3 is 2.76 bits per heavy atom. The summed E-state index contributed by atoms with van der Waals surface area (Å²) in [7, 11) is 0. The van der Waals surface area contributed by atoms with E-state index in [2.05, 4.69) is 12.2 Å². The molecule has 0 bridgehead atoms. The molecule has 136 valence electrons. The first-order valence-corrected chi connectivity index (χ1v) is 9.54. The number of aryl methyl sites for hydroxylation is 1. The predicted octanol–water partition coefficient (Wildman–Crippen LogP) is 5.68. The van der Waals surface area contributed by atoms with Crippen molar-refractivity contribution in [1.82, 2.24) is 0 Å². The number of hydrogen-bond acceptors (Lipinski definition) is 2. The number of unbranched alkanes of at least 4 members (excludes halogenated alkanes) is 3. The Bertz CT molecular complexity index is 636. The molecule has 0 saturated heterocycles. The predicted molar refractivity (Wildman–Crippen MR) is 102 cm³/mol. The van der Waals surface area contributed by atoms with Crippen LogP contribution in [-0.4, -0.2) is 16.9 Å². The van der Waals surface area contributed by atoms with Crippen molar-refractivity contribution in [2.75, 3.05) is 0 Å². The molecule has 25 heavy (non-hydrogen) atoms. The molecule has 2 atom stereocenters. The highest BCUT2D eigenvalue weighted by atomic mass is 35.5. The SMILES string of the molecule is Cc1cc(Cl)ccc1C=CC1CCC(=O)C1CCCCCCC(=O)O. The van der Waals surface area contributed by atoms with Crippen LogP contribution in [-0.2, 0) is 9.59 Å². The van der Waals surface area contributed by atoms with E-state index < -0.39 is 5.97 Å². The molecule has 2 unspecified atom stereocenters. The van der Waals surface area contributed by atoms with Crippen LogP contribution >= 0.6 is 11.6 Å². The van der Waals surface area contributed by atoms with Gasteiger partial charge >= 0.3 is 5.97 Å². The lowest BCUT2D eigenvalue weighted by Gasteiger charge is -2.15. The fraction of sp³-hybridized carbons (Fsp3) is 0.524. The first-order chi connectivity index (χ1) is 12.0. The van der Waals surface area contributed by atoms with Gasteiger partial charge in [0.1, 0.15) is 5.78 Å². The number of allylic oxidation sites excluding steroid dienone is 1. The number of benzene rings is 1. The van der Waals surface area contributed by atoms with E-state index in [9.17, 15) is 9.59 Å². The van der Waals surface area contributed by atoms with Crippen molar-refractivity contribution in [2.24, 2.45) is 11.8 Å². The second-order valence-electron chi connectivity index (χ2n) is 6.98. The van der Waals surface area contributed by atoms with Crippen molar-refractivity contribution in [3.63, 3.8) is 0 Å². The molecule has 0 aliphatic heterocycles. The van der Waals surface area contributed by atoms with E-state index in [1.807, 2.05) is 25.1 Å². The number of ketones is 1. The zero-order valence-electron chi connectivity index (χ0n) is 14.8. The molecule has 0 heterocycles. The normalized spacial score (nSPS) is 20.5. The molecule has 0 radical (unpaired) electrons. The van der Waals surface area contributed by atoms with Crippen LogP contribution in [0.2, 0.25) is 5.02 Å². The topological polar surface area (TPSA) is 54.4 Å². The van der Waals surface area contributed by atoms with Gasteiger partial charge in [-0.1, -0.05) is 49.1 Å². The minimum atomic E-state index is -0.728. The minimum absolute atomic E-state index is 0.128. The van der Waals surface area contributed by atoms with Crippen LogP contribution in [0.4, 0.5) is 0 Å². The standard InChI is InChI=1S/C21H27ClO3/c1-15-14-18(22)12-10-16(15)8-9-17-11-13-20(23)19(17)6-4-2-3-5-7-21(24)25/h8-10,12,14,17,19H,2-7,11,13H2,1H3,(H,24,25). The second-order valence-corrected chi connectivity index (χ2v) is 7.42. The van der Waals surface area contributed by atoms with Gasteiger partial charge in [-0.2, -0.15) is 0 Å².